The molecule has 0 aliphatic carbocycles. The Balaban J connectivity index is 1.66. The molecule has 5 aromatic rings. The molecule has 0 saturated heterocycles. The van der Waals surface area contributed by atoms with Gasteiger partial charge in [-0.2, -0.15) is 0 Å². The van der Waals surface area contributed by atoms with Crippen molar-refractivity contribution in [3.05, 3.63) is 130 Å². The highest BCUT2D eigenvalue weighted by atomic mass is 16.2. The van der Waals surface area contributed by atoms with Gasteiger partial charge in [0.1, 0.15) is 11.7 Å². The van der Waals surface area contributed by atoms with Crippen molar-refractivity contribution in [3.63, 3.8) is 0 Å². The first kappa shape index (κ1) is 24.2. The van der Waals surface area contributed by atoms with Crippen LogP contribution in [0.4, 0.5) is 5.69 Å². The van der Waals surface area contributed by atoms with Crippen molar-refractivity contribution in [1.29, 1.82) is 0 Å². The highest BCUT2D eigenvalue weighted by molar-refractivity contribution is 5.96. The van der Waals surface area contributed by atoms with Crippen LogP contribution in [-0.4, -0.2) is 15.5 Å². The first-order valence-corrected chi connectivity index (χ1v) is 12.5. The molecule has 0 bridgehead atoms. The summed E-state index contributed by atoms with van der Waals surface area (Å²) in [4.78, 5) is 32.8. The second-order valence-corrected chi connectivity index (χ2v) is 9.29. The fourth-order valence-electron chi connectivity index (χ4n) is 4.79. The predicted octanol–water partition coefficient (Wildman–Crippen LogP) is 6.49. The number of carbonyl (C=O) groups excluding carboxylic acids is 1. The maximum Gasteiger partial charge on any atom is 0.278 e. The Hall–Kier alpha value is -4.51. The molecule has 1 amide bonds. The van der Waals surface area contributed by atoms with Crippen molar-refractivity contribution in [2.45, 2.75) is 32.7 Å². The van der Waals surface area contributed by atoms with Crippen LogP contribution >= 0.6 is 0 Å². The number of anilines is 1. The lowest BCUT2D eigenvalue weighted by atomic mass is 10.0. The van der Waals surface area contributed by atoms with Crippen LogP contribution in [0.3, 0.4) is 0 Å². The van der Waals surface area contributed by atoms with E-state index in [9.17, 15) is 9.59 Å². The van der Waals surface area contributed by atoms with E-state index in [2.05, 4.69) is 5.32 Å². The largest absolute Gasteiger partial charge is 0.324 e. The smallest absolute Gasteiger partial charge is 0.278 e. The molecule has 5 heteroatoms. The number of hydrogen-bond acceptors (Lipinski definition) is 3. The zero-order valence-corrected chi connectivity index (χ0v) is 21.0. The van der Waals surface area contributed by atoms with Crippen molar-refractivity contribution in [3.8, 4) is 11.3 Å². The van der Waals surface area contributed by atoms with Gasteiger partial charge in [0.15, 0.2) is 0 Å². The quantitative estimate of drug-likeness (QED) is 0.285. The van der Waals surface area contributed by atoms with Gasteiger partial charge in [-0.25, -0.2) is 4.98 Å². The Labute approximate surface area is 216 Å². The molecule has 5 rings (SSSR count). The van der Waals surface area contributed by atoms with Crippen LogP contribution in [0.15, 0.2) is 108 Å². The summed E-state index contributed by atoms with van der Waals surface area (Å²) < 4.78 is 1.64. The van der Waals surface area contributed by atoms with Gasteiger partial charge in [0, 0.05) is 11.3 Å². The normalized spacial score (nSPS) is 11.8. The molecular formula is C32H29N3O2. The Morgan fingerprint density at radius 3 is 2.14 bits per heavy atom. The maximum atomic E-state index is 14.0. The van der Waals surface area contributed by atoms with Gasteiger partial charge in [0.05, 0.1) is 11.0 Å². The summed E-state index contributed by atoms with van der Waals surface area (Å²) >= 11 is 0. The number of nitrogens with zero attached hydrogens (tertiary/aromatic N) is 2. The van der Waals surface area contributed by atoms with Gasteiger partial charge in [-0.15, -0.1) is 0 Å². The summed E-state index contributed by atoms with van der Waals surface area (Å²) in [5.74, 6) is -0.217. The minimum absolute atomic E-state index is 0.217. The van der Waals surface area contributed by atoms with Crippen LogP contribution in [0.1, 0.15) is 29.2 Å². The summed E-state index contributed by atoms with van der Waals surface area (Å²) in [6, 6.07) is 32.2. The van der Waals surface area contributed by atoms with E-state index < -0.39 is 6.04 Å². The Bertz CT molecular complexity index is 1590. The molecular weight excluding hydrogens is 458 g/mol. The number of rotatable bonds is 7. The van der Waals surface area contributed by atoms with Gasteiger partial charge in [-0.3, -0.25) is 14.2 Å². The van der Waals surface area contributed by atoms with Crippen molar-refractivity contribution in [1.82, 2.24) is 9.55 Å². The number of para-hydroxylation sites is 3. The summed E-state index contributed by atoms with van der Waals surface area (Å²) in [5, 5.41) is 3.15. The molecule has 0 radical (unpaired) electrons. The maximum absolute atomic E-state index is 14.0. The molecule has 4 aromatic carbocycles. The van der Waals surface area contributed by atoms with Crippen LogP contribution in [0.5, 0.6) is 0 Å². The minimum atomic E-state index is -0.734. The molecule has 0 aliphatic heterocycles. The molecule has 0 aliphatic rings. The number of fused-ring (bicyclic) bond motifs is 1. The number of benzene rings is 4. The lowest BCUT2D eigenvalue weighted by Gasteiger charge is -2.23. The number of nitrogens with one attached hydrogen (secondary N) is 1. The van der Waals surface area contributed by atoms with E-state index in [1.807, 2.05) is 117 Å². The van der Waals surface area contributed by atoms with E-state index >= 15 is 0 Å². The second-order valence-electron chi connectivity index (χ2n) is 9.29. The summed E-state index contributed by atoms with van der Waals surface area (Å²) in [5.41, 5.74) is 5.95. The van der Waals surface area contributed by atoms with Gasteiger partial charge in [-0.05, 0) is 55.5 Å². The summed E-state index contributed by atoms with van der Waals surface area (Å²) in [6.07, 6.45) is 1.11. The van der Waals surface area contributed by atoms with E-state index in [1.165, 1.54) is 0 Å². The molecule has 0 saturated carbocycles. The predicted molar refractivity (Wildman–Crippen MR) is 150 cm³/mol. The molecule has 1 unspecified atom stereocenters. The third kappa shape index (κ3) is 5.07. The SMILES string of the molecule is Cc1cccc(C)c1NC(=O)C(CCc1ccccc1)n1c(=O)c(-c2ccccc2)nc2ccccc21. The molecule has 184 valence electrons. The van der Waals surface area contributed by atoms with E-state index in [1.54, 1.807) is 4.57 Å². The third-order valence-electron chi connectivity index (χ3n) is 6.74. The van der Waals surface area contributed by atoms with Crippen LogP contribution in [0.2, 0.25) is 0 Å². The molecule has 1 N–H and O–H groups in total. The Kier molecular flexibility index (Phi) is 6.95. The molecule has 0 spiro atoms. The number of carbonyl (C=O) groups is 1. The highest BCUT2D eigenvalue weighted by Gasteiger charge is 2.26. The van der Waals surface area contributed by atoms with Gasteiger partial charge >= 0.3 is 0 Å². The number of aromatic nitrogens is 2. The topological polar surface area (TPSA) is 64.0 Å². The molecule has 37 heavy (non-hydrogen) atoms. The first-order valence-electron chi connectivity index (χ1n) is 12.5. The van der Waals surface area contributed by atoms with Crippen molar-refractivity contribution < 1.29 is 4.79 Å². The highest BCUT2D eigenvalue weighted by Crippen LogP contribution is 2.26. The standard InChI is InChI=1S/C32H29N3O2/c1-22-12-11-13-23(2)29(22)34-31(36)28(21-20-24-14-5-3-6-15-24)35-27-19-10-9-18-26(27)33-30(32(35)37)25-16-7-4-8-17-25/h3-19,28H,20-21H2,1-2H3,(H,34,36). The van der Waals surface area contributed by atoms with E-state index in [-0.39, 0.29) is 11.5 Å². The lowest BCUT2D eigenvalue weighted by molar-refractivity contribution is -0.119. The van der Waals surface area contributed by atoms with E-state index in [0.717, 1.165) is 27.9 Å². The lowest BCUT2D eigenvalue weighted by Crippen LogP contribution is -2.35. The summed E-state index contributed by atoms with van der Waals surface area (Å²) in [6.45, 7) is 3.95. The van der Waals surface area contributed by atoms with Gasteiger partial charge in [-0.1, -0.05) is 91.0 Å². The zero-order chi connectivity index (χ0) is 25.8. The number of amides is 1. The van der Waals surface area contributed by atoms with Crippen LogP contribution in [0.25, 0.3) is 22.3 Å². The third-order valence-corrected chi connectivity index (χ3v) is 6.74. The van der Waals surface area contributed by atoms with Crippen LogP contribution in [-0.2, 0) is 11.2 Å². The van der Waals surface area contributed by atoms with E-state index in [4.69, 9.17) is 4.98 Å². The second kappa shape index (κ2) is 10.6. The van der Waals surface area contributed by atoms with Crippen LogP contribution in [0, 0.1) is 13.8 Å². The van der Waals surface area contributed by atoms with Gasteiger partial charge < -0.3 is 5.32 Å². The molecule has 1 aromatic heterocycles. The summed E-state index contributed by atoms with van der Waals surface area (Å²) in [7, 11) is 0. The molecule has 1 heterocycles. The van der Waals surface area contributed by atoms with Crippen LogP contribution < -0.4 is 10.9 Å². The van der Waals surface area contributed by atoms with E-state index in [0.29, 0.717) is 29.6 Å². The van der Waals surface area contributed by atoms with Gasteiger partial charge in [0.2, 0.25) is 5.91 Å². The zero-order valence-electron chi connectivity index (χ0n) is 21.0. The van der Waals surface area contributed by atoms with Crippen molar-refractivity contribution in [2.24, 2.45) is 0 Å². The number of aryl methyl sites for hydroxylation is 3. The molecule has 5 nitrogen and oxygen atoms in total. The first-order chi connectivity index (χ1) is 18.0. The average molecular weight is 488 g/mol. The average Bonchev–Trinajstić information content (AvgIpc) is 2.93. The number of hydrogen-bond donors (Lipinski definition) is 1. The van der Waals surface area contributed by atoms with Gasteiger partial charge in [0.25, 0.3) is 5.56 Å². The fourth-order valence-corrected chi connectivity index (χ4v) is 4.79. The van der Waals surface area contributed by atoms with Crippen molar-refractivity contribution >= 4 is 22.6 Å². The molecule has 1 atom stereocenters. The molecule has 0 fully saturated rings. The minimum Gasteiger partial charge on any atom is -0.324 e. The van der Waals surface area contributed by atoms with Crippen molar-refractivity contribution in [2.75, 3.05) is 5.32 Å². The monoisotopic (exact) mass is 487 g/mol. The fraction of sp³-hybridized carbons (Fsp3) is 0.156. The Morgan fingerprint density at radius 1 is 0.811 bits per heavy atom. The Morgan fingerprint density at radius 2 is 1.43 bits per heavy atom.